The second-order valence-electron chi connectivity index (χ2n) is 5.40. The fourth-order valence-corrected chi connectivity index (χ4v) is 3.06. The molecule has 134 valence electrons. The van der Waals surface area contributed by atoms with Crippen molar-refractivity contribution in [3.05, 3.63) is 59.1 Å². The fourth-order valence-electron chi connectivity index (χ4n) is 2.14. The lowest BCUT2D eigenvalue weighted by molar-refractivity contribution is -0.116. The number of benzene rings is 2. The van der Waals surface area contributed by atoms with E-state index in [1.807, 2.05) is 0 Å². The van der Waals surface area contributed by atoms with Crippen molar-refractivity contribution < 1.29 is 17.9 Å². The quantitative estimate of drug-likeness (QED) is 0.798. The van der Waals surface area contributed by atoms with Crippen molar-refractivity contribution in [3.8, 4) is 5.75 Å². The van der Waals surface area contributed by atoms with Gasteiger partial charge in [0.05, 0.1) is 19.9 Å². The van der Waals surface area contributed by atoms with Crippen LogP contribution in [0.25, 0.3) is 0 Å². The maximum atomic E-state index is 12.2. The zero-order valence-corrected chi connectivity index (χ0v) is 15.5. The van der Waals surface area contributed by atoms with Gasteiger partial charge in [-0.3, -0.25) is 4.79 Å². The third kappa shape index (κ3) is 5.74. The van der Waals surface area contributed by atoms with Crippen molar-refractivity contribution in [2.75, 3.05) is 25.2 Å². The molecule has 8 heteroatoms. The lowest BCUT2D eigenvalue weighted by atomic mass is 10.2. The summed E-state index contributed by atoms with van der Waals surface area (Å²) < 4.78 is 30.1. The Morgan fingerprint density at radius 1 is 1.16 bits per heavy atom. The van der Waals surface area contributed by atoms with Crippen LogP contribution in [0.4, 0.5) is 5.69 Å². The minimum absolute atomic E-state index is 0.0224. The van der Waals surface area contributed by atoms with E-state index in [-0.39, 0.29) is 13.1 Å². The van der Waals surface area contributed by atoms with Crippen molar-refractivity contribution in [2.45, 2.75) is 6.54 Å². The number of rotatable bonds is 7. The minimum atomic E-state index is -3.58. The van der Waals surface area contributed by atoms with Gasteiger partial charge in [0.15, 0.2) is 0 Å². The third-order valence-corrected chi connectivity index (χ3v) is 5.03. The van der Waals surface area contributed by atoms with Gasteiger partial charge in [-0.15, -0.1) is 0 Å². The SMILES string of the molecule is COc1ccc(NC(=O)CN(Cc2ccccc2Cl)S(C)(=O)=O)cc1. The van der Waals surface area contributed by atoms with Crippen LogP contribution in [0.1, 0.15) is 5.56 Å². The zero-order valence-electron chi connectivity index (χ0n) is 13.9. The molecule has 0 aromatic heterocycles. The molecular formula is C17H19ClN2O4S. The summed E-state index contributed by atoms with van der Waals surface area (Å²) in [5, 5.41) is 3.11. The van der Waals surface area contributed by atoms with Crippen molar-refractivity contribution in [3.63, 3.8) is 0 Å². The Morgan fingerprint density at radius 3 is 2.36 bits per heavy atom. The van der Waals surface area contributed by atoms with Gasteiger partial charge in [-0.1, -0.05) is 29.8 Å². The summed E-state index contributed by atoms with van der Waals surface area (Å²) in [6.45, 7) is -0.287. The van der Waals surface area contributed by atoms with Gasteiger partial charge in [0.1, 0.15) is 5.75 Å². The molecule has 1 amide bonds. The van der Waals surface area contributed by atoms with Gasteiger partial charge in [0.2, 0.25) is 15.9 Å². The molecule has 0 heterocycles. The van der Waals surface area contributed by atoms with Crippen LogP contribution in [0.2, 0.25) is 5.02 Å². The van der Waals surface area contributed by atoms with Crippen molar-refractivity contribution in [1.29, 1.82) is 0 Å². The molecule has 0 saturated carbocycles. The number of anilines is 1. The molecular weight excluding hydrogens is 364 g/mol. The van der Waals surface area contributed by atoms with Gasteiger partial charge in [-0.2, -0.15) is 4.31 Å². The predicted molar refractivity (Wildman–Crippen MR) is 98.3 cm³/mol. The van der Waals surface area contributed by atoms with Crippen molar-refractivity contribution >= 4 is 33.2 Å². The molecule has 2 aromatic rings. The van der Waals surface area contributed by atoms with E-state index < -0.39 is 15.9 Å². The molecule has 0 bridgehead atoms. The van der Waals surface area contributed by atoms with E-state index in [0.29, 0.717) is 22.0 Å². The van der Waals surface area contributed by atoms with Crippen LogP contribution in [0, 0.1) is 0 Å². The third-order valence-electron chi connectivity index (χ3n) is 3.47. The second kappa shape index (κ2) is 8.33. The largest absolute Gasteiger partial charge is 0.497 e. The number of amides is 1. The maximum absolute atomic E-state index is 12.2. The van der Waals surface area contributed by atoms with Gasteiger partial charge in [0.25, 0.3) is 0 Å². The number of methoxy groups -OCH3 is 1. The normalized spacial score (nSPS) is 11.4. The van der Waals surface area contributed by atoms with Crippen LogP contribution in [0.3, 0.4) is 0 Å². The Kier molecular flexibility index (Phi) is 6.41. The second-order valence-corrected chi connectivity index (χ2v) is 7.79. The summed E-state index contributed by atoms with van der Waals surface area (Å²) in [5.41, 5.74) is 1.18. The Balaban J connectivity index is 2.08. The van der Waals surface area contributed by atoms with E-state index in [1.165, 1.54) is 0 Å². The molecule has 0 aliphatic heterocycles. The van der Waals surface area contributed by atoms with Crippen LogP contribution >= 0.6 is 11.6 Å². The number of sulfonamides is 1. The van der Waals surface area contributed by atoms with E-state index >= 15 is 0 Å². The van der Waals surface area contributed by atoms with Gasteiger partial charge in [-0.05, 0) is 35.9 Å². The number of ether oxygens (including phenoxy) is 1. The number of hydrogen-bond donors (Lipinski definition) is 1. The average molecular weight is 383 g/mol. The highest BCUT2D eigenvalue weighted by Crippen LogP contribution is 2.19. The summed E-state index contributed by atoms with van der Waals surface area (Å²) in [7, 11) is -2.04. The lowest BCUT2D eigenvalue weighted by Gasteiger charge is -2.20. The Hall–Kier alpha value is -2.09. The van der Waals surface area contributed by atoms with Gasteiger partial charge in [0, 0.05) is 17.3 Å². The monoisotopic (exact) mass is 382 g/mol. The zero-order chi connectivity index (χ0) is 18.4. The van der Waals surface area contributed by atoms with Crippen molar-refractivity contribution in [1.82, 2.24) is 4.31 Å². The Labute approximate surface area is 152 Å². The number of halogens is 1. The van der Waals surface area contributed by atoms with E-state index in [0.717, 1.165) is 10.6 Å². The molecule has 0 spiro atoms. The number of carbonyl (C=O) groups excluding carboxylic acids is 1. The molecule has 6 nitrogen and oxygen atoms in total. The molecule has 0 aliphatic rings. The highest BCUT2D eigenvalue weighted by Gasteiger charge is 2.21. The molecule has 0 atom stereocenters. The molecule has 2 rings (SSSR count). The Bertz CT molecular complexity index is 838. The first-order valence-electron chi connectivity index (χ1n) is 7.42. The number of nitrogens with one attached hydrogen (secondary N) is 1. The van der Waals surface area contributed by atoms with E-state index in [2.05, 4.69) is 5.32 Å². The van der Waals surface area contributed by atoms with Crippen LogP contribution in [0.5, 0.6) is 5.75 Å². The molecule has 0 aliphatic carbocycles. The van der Waals surface area contributed by atoms with E-state index in [1.54, 1.807) is 55.6 Å². The fraction of sp³-hybridized carbons (Fsp3) is 0.235. The summed E-state index contributed by atoms with van der Waals surface area (Å²) in [4.78, 5) is 12.2. The summed E-state index contributed by atoms with van der Waals surface area (Å²) in [5.74, 6) is 0.220. The van der Waals surface area contributed by atoms with Crippen LogP contribution in [-0.2, 0) is 21.4 Å². The highest BCUT2D eigenvalue weighted by molar-refractivity contribution is 7.88. The summed E-state index contributed by atoms with van der Waals surface area (Å²) >= 11 is 6.08. The average Bonchev–Trinajstić information content (AvgIpc) is 2.56. The molecule has 25 heavy (non-hydrogen) atoms. The lowest BCUT2D eigenvalue weighted by Crippen LogP contribution is -2.37. The topological polar surface area (TPSA) is 75.7 Å². The Morgan fingerprint density at radius 2 is 1.80 bits per heavy atom. The maximum Gasteiger partial charge on any atom is 0.239 e. The smallest absolute Gasteiger partial charge is 0.239 e. The van der Waals surface area contributed by atoms with E-state index in [9.17, 15) is 13.2 Å². The first-order valence-corrected chi connectivity index (χ1v) is 9.64. The highest BCUT2D eigenvalue weighted by atomic mass is 35.5. The molecule has 1 N–H and O–H groups in total. The first kappa shape index (κ1) is 19.2. The van der Waals surface area contributed by atoms with Crippen LogP contribution in [0.15, 0.2) is 48.5 Å². The van der Waals surface area contributed by atoms with Crippen LogP contribution < -0.4 is 10.1 Å². The summed E-state index contributed by atoms with van der Waals surface area (Å²) in [6.07, 6.45) is 1.06. The molecule has 0 fully saturated rings. The van der Waals surface area contributed by atoms with Gasteiger partial charge in [-0.25, -0.2) is 8.42 Å². The number of carbonyl (C=O) groups is 1. The summed E-state index contributed by atoms with van der Waals surface area (Å²) in [6, 6.07) is 13.7. The number of nitrogens with zero attached hydrogens (tertiary/aromatic N) is 1. The number of hydrogen-bond acceptors (Lipinski definition) is 4. The predicted octanol–water partition coefficient (Wildman–Crippen LogP) is 2.75. The molecule has 0 saturated heterocycles. The first-order chi connectivity index (χ1) is 11.8. The van der Waals surface area contributed by atoms with E-state index in [4.69, 9.17) is 16.3 Å². The molecule has 0 radical (unpaired) electrons. The van der Waals surface area contributed by atoms with Crippen LogP contribution in [-0.4, -0.2) is 38.5 Å². The minimum Gasteiger partial charge on any atom is -0.497 e. The van der Waals surface area contributed by atoms with Gasteiger partial charge < -0.3 is 10.1 Å². The standard InChI is InChI=1S/C17H19ClN2O4S/c1-24-15-9-7-14(8-10-15)19-17(21)12-20(25(2,22)23)11-13-5-3-4-6-16(13)18/h3-10H,11-12H2,1-2H3,(H,19,21). The molecule has 0 unspecified atom stereocenters. The van der Waals surface area contributed by atoms with Gasteiger partial charge >= 0.3 is 0 Å². The van der Waals surface area contributed by atoms with Crippen molar-refractivity contribution in [2.24, 2.45) is 0 Å². The molecule has 2 aromatic carbocycles.